The van der Waals surface area contributed by atoms with E-state index in [1.54, 1.807) is 6.07 Å². The highest BCUT2D eigenvalue weighted by atomic mass is 16.3. The van der Waals surface area contributed by atoms with E-state index in [0.717, 1.165) is 69.6 Å². The number of fused-ring (bicyclic) bond motifs is 1. The van der Waals surface area contributed by atoms with Crippen molar-refractivity contribution in [2.45, 2.75) is 81.8 Å². The van der Waals surface area contributed by atoms with Gasteiger partial charge in [0.05, 0.1) is 6.10 Å². The third-order valence-electron chi connectivity index (χ3n) is 9.39. The number of phenolic OH excluding ortho intramolecular Hbond substituents is 1. The minimum atomic E-state index is -0.454. The molecule has 1 aliphatic heterocycles. The number of amides is 1. The van der Waals surface area contributed by atoms with Gasteiger partial charge in [0.2, 0.25) is 5.91 Å². The molecule has 5 nitrogen and oxygen atoms in total. The predicted octanol–water partition coefficient (Wildman–Crippen LogP) is 5.15. The topological polar surface area (TPSA) is 64.0 Å². The number of aliphatic hydroxyl groups excluding tert-OH is 1. The van der Waals surface area contributed by atoms with E-state index < -0.39 is 6.10 Å². The van der Waals surface area contributed by atoms with Crippen molar-refractivity contribution in [3.63, 3.8) is 0 Å². The van der Waals surface area contributed by atoms with Gasteiger partial charge in [0.1, 0.15) is 5.75 Å². The van der Waals surface area contributed by atoms with Crippen LogP contribution in [0.1, 0.15) is 68.9 Å². The van der Waals surface area contributed by atoms with E-state index in [0.29, 0.717) is 12.8 Å². The first kappa shape index (κ1) is 26.2. The molecule has 2 aliphatic carbocycles. The summed E-state index contributed by atoms with van der Waals surface area (Å²) >= 11 is 0. The number of aryl methyl sites for hydroxylation is 1. The molecule has 5 heteroatoms. The Kier molecular flexibility index (Phi) is 8.21. The minimum absolute atomic E-state index is 0.0143. The number of aliphatic hydroxyl groups is 1. The molecule has 37 heavy (non-hydrogen) atoms. The number of aromatic hydroxyl groups is 1. The first-order valence-electron chi connectivity index (χ1n) is 14.4. The third-order valence-corrected chi connectivity index (χ3v) is 9.39. The summed E-state index contributed by atoms with van der Waals surface area (Å²) in [4.78, 5) is 17.7. The number of phenols is 1. The zero-order valence-electron chi connectivity index (χ0n) is 22.4. The van der Waals surface area contributed by atoms with E-state index in [1.165, 1.54) is 18.4 Å². The molecule has 2 aromatic carbocycles. The lowest BCUT2D eigenvalue weighted by Crippen LogP contribution is -2.61. The zero-order valence-corrected chi connectivity index (χ0v) is 22.4. The monoisotopic (exact) mass is 504 g/mol. The van der Waals surface area contributed by atoms with Crippen molar-refractivity contribution in [1.82, 2.24) is 9.80 Å². The molecule has 200 valence electrons. The van der Waals surface area contributed by atoms with Gasteiger partial charge in [-0.1, -0.05) is 48.9 Å². The number of carbonyl (C=O) groups excluding carboxylic acids is 1. The molecule has 3 fully saturated rings. The van der Waals surface area contributed by atoms with Gasteiger partial charge in [0.25, 0.3) is 0 Å². The van der Waals surface area contributed by atoms with E-state index in [4.69, 9.17) is 0 Å². The average molecular weight is 505 g/mol. The van der Waals surface area contributed by atoms with Crippen LogP contribution in [0.5, 0.6) is 5.75 Å². The van der Waals surface area contributed by atoms with Crippen LogP contribution in [0.3, 0.4) is 0 Å². The summed E-state index contributed by atoms with van der Waals surface area (Å²) in [5.74, 6) is 1.42. The number of nitrogens with zero attached hydrogens (tertiary/aromatic N) is 2. The number of rotatable bonds is 10. The summed E-state index contributed by atoms with van der Waals surface area (Å²) in [5, 5.41) is 21.8. The van der Waals surface area contributed by atoms with Crippen molar-refractivity contribution in [2.24, 2.45) is 11.8 Å². The van der Waals surface area contributed by atoms with E-state index in [1.807, 2.05) is 30.1 Å². The fraction of sp³-hybridized carbons (Fsp3) is 0.594. The molecular formula is C32H44N2O3. The van der Waals surface area contributed by atoms with Gasteiger partial charge in [-0.25, -0.2) is 0 Å². The van der Waals surface area contributed by atoms with Gasteiger partial charge in [-0.3, -0.25) is 4.79 Å². The second kappa shape index (κ2) is 11.6. The van der Waals surface area contributed by atoms with Crippen LogP contribution >= 0.6 is 0 Å². The Morgan fingerprint density at radius 3 is 2.65 bits per heavy atom. The number of hydrogen-bond acceptors (Lipinski definition) is 4. The fourth-order valence-electron chi connectivity index (χ4n) is 7.00. The molecular weight excluding hydrogens is 460 g/mol. The maximum atomic E-state index is 13.2. The quantitative estimate of drug-likeness (QED) is 0.440. The van der Waals surface area contributed by atoms with Gasteiger partial charge in [-0.2, -0.15) is 0 Å². The first-order valence-corrected chi connectivity index (χ1v) is 14.4. The molecule has 3 aliphatic rings. The number of benzene rings is 2. The highest BCUT2D eigenvalue weighted by Crippen LogP contribution is 2.51. The summed E-state index contributed by atoms with van der Waals surface area (Å²) in [6, 6.07) is 18.2. The molecule has 2 aromatic rings. The highest BCUT2D eigenvalue weighted by Gasteiger charge is 2.53. The smallest absolute Gasteiger partial charge is 0.222 e. The molecule has 0 bridgehead atoms. The van der Waals surface area contributed by atoms with Crippen LogP contribution in [0.4, 0.5) is 0 Å². The van der Waals surface area contributed by atoms with Crippen LogP contribution in [-0.2, 0) is 16.6 Å². The molecule has 1 amide bonds. The van der Waals surface area contributed by atoms with E-state index >= 15 is 0 Å². The van der Waals surface area contributed by atoms with Crippen molar-refractivity contribution in [3.05, 3.63) is 65.7 Å². The Hall–Kier alpha value is -2.37. The molecule has 5 rings (SSSR count). The lowest BCUT2D eigenvalue weighted by atomic mass is 9.56. The van der Waals surface area contributed by atoms with Gasteiger partial charge in [0.15, 0.2) is 0 Å². The van der Waals surface area contributed by atoms with Crippen LogP contribution < -0.4 is 0 Å². The van der Waals surface area contributed by atoms with Crippen molar-refractivity contribution < 1.29 is 15.0 Å². The molecule has 1 saturated heterocycles. The summed E-state index contributed by atoms with van der Waals surface area (Å²) in [6.07, 6.45) is 9.35. The van der Waals surface area contributed by atoms with Gasteiger partial charge in [0, 0.05) is 43.9 Å². The van der Waals surface area contributed by atoms with Gasteiger partial charge < -0.3 is 20.0 Å². The van der Waals surface area contributed by atoms with E-state index in [2.05, 4.69) is 35.2 Å². The van der Waals surface area contributed by atoms with Crippen LogP contribution in [0.25, 0.3) is 0 Å². The number of unbranched alkanes of at least 4 members (excludes halogenated alkanes) is 2. The molecule has 2 saturated carbocycles. The minimum Gasteiger partial charge on any atom is -0.508 e. The Morgan fingerprint density at radius 1 is 1.08 bits per heavy atom. The van der Waals surface area contributed by atoms with Crippen molar-refractivity contribution in [1.29, 1.82) is 0 Å². The summed E-state index contributed by atoms with van der Waals surface area (Å²) in [6.45, 7) is 3.06. The molecule has 1 heterocycles. The molecule has 4 atom stereocenters. The van der Waals surface area contributed by atoms with Gasteiger partial charge in [-0.05, 0) is 87.1 Å². The Morgan fingerprint density at radius 2 is 1.89 bits per heavy atom. The normalized spacial score (nSPS) is 28.0. The SMILES string of the molecule is CN(C(=O)CCCCCc1ccccc1)[C@H]1CC(O)[C@@H]2CN(CC3CC3)CC[C@@]2(c2cccc(O)c2)C1. The van der Waals surface area contributed by atoms with Crippen molar-refractivity contribution in [2.75, 3.05) is 26.7 Å². The van der Waals surface area contributed by atoms with E-state index in [-0.39, 0.29) is 29.0 Å². The second-order valence-corrected chi connectivity index (χ2v) is 12.0. The first-order chi connectivity index (χ1) is 17.9. The van der Waals surface area contributed by atoms with Gasteiger partial charge in [-0.15, -0.1) is 0 Å². The maximum Gasteiger partial charge on any atom is 0.222 e. The number of carbonyl (C=O) groups is 1. The lowest BCUT2D eigenvalue weighted by Gasteiger charge is -2.56. The summed E-state index contributed by atoms with van der Waals surface area (Å²) < 4.78 is 0. The Bertz CT molecular complexity index is 1040. The molecule has 0 spiro atoms. The molecule has 2 N–H and O–H groups in total. The third kappa shape index (κ3) is 6.21. The van der Waals surface area contributed by atoms with Crippen molar-refractivity contribution >= 4 is 5.91 Å². The second-order valence-electron chi connectivity index (χ2n) is 12.0. The van der Waals surface area contributed by atoms with Crippen LogP contribution in [0.2, 0.25) is 0 Å². The zero-order chi connectivity index (χ0) is 25.8. The maximum absolute atomic E-state index is 13.2. The largest absolute Gasteiger partial charge is 0.508 e. The van der Waals surface area contributed by atoms with Crippen molar-refractivity contribution in [3.8, 4) is 5.75 Å². The number of hydrogen-bond donors (Lipinski definition) is 2. The summed E-state index contributed by atoms with van der Waals surface area (Å²) in [5.41, 5.74) is 2.26. The average Bonchev–Trinajstić information content (AvgIpc) is 3.73. The highest BCUT2D eigenvalue weighted by molar-refractivity contribution is 5.76. The van der Waals surface area contributed by atoms with Crippen LogP contribution in [0.15, 0.2) is 54.6 Å². The molecule has 0 aromatic heterocycles. The van der Waals surface area contributed by atoms with Gasteiger partial charge >= 0.3 is 0 Å². The molecule has 1 unspecified atom stereocenters. The lowest BCUT2D eigenvalue weighted by molar-refractivity contribution is -0.136. The number of likely N-dealkylation sites (tertiary alicyclic amines) is 1. The summed E-state index contributed by atoms with van der Waals surface area (Å²) in [7, 11) is 1.93. The van der Waals surface area contributed by atoms with Crippen LogP contribution in [0, 0.1) is 11.8 Å². The van der Waals surface area contributed by atoms with E-state index in [9.17, 15) is 15.0 Å². The molecule has 0 radical (unpaired) electrons. The van der Waals surface area contributed by atoms with Crippen LogP contribution in [-0.4, -0.2) is 64.7 Å². The number of piperidine rings is 1. The Labute approximate surface area is 222 Å². The Balaban J connectivity index is 1.22. The fourth-order valence-corrected chi connectivity index (χ4v) is 7.00. The standard InChI is InChI=1S/C32H44N2O3/c1-33(31(37)14-7-3-6-11-24-9-4-2-5-10-24)27-20-30(36)29-23-34(22-25-15-16-25)18-17-32(29,21-27)26-12-8-13-28(35)19-26/h2,4-5,8-10,12-13,19,25,27,29-30,35-36H,3,6-7,11,14-18,20-23H2,1H3/t27-,29-,30?,32-/m0/s1. The predicted molar refractivity (Wildman–Crippen MR) is 147 cm³/mol.